The third-order valence-electron chi connectivity index (χ3n) is 4.83. The van der Waals surface area contributed by atoms with Crippen molar-refractivity contribution in [3.8, 4) is 17.9 Å². The molecular formula is C26H21BrF3N3O4S. The van der Waals surface area contributed by atoms with Gasteiger partial charge in [-0.15, -0.1) is 0 Å². The molecule has 0 saturated carbocycles. The van der Waals surface area contributed by atoms with Crippen LogP contribution in [0.3, 0.4) is 0 Å². The second kappa shape index (κ2) is 11.4. The Labute approximate surface area is 229 Å². The van der Waals surface area contributed by atoms with E-state index in [4.69, 9.17) is 4.74 Å². The molecule has 0 aliphatic carbocycles. The number of benzene rings is 1. The highest BCUT2D eigenvalue weighted by Crippen LogP contribution is 2.40. The van der Waals surface area contributed by atoms with Gasteiger partial charge in [0.1, 0.15) is 16.7 Å². The molecule has 1 amide bonds. The lowest BCUT2D eigenvalue weighted by Gasteiger charge is -2.26. The van der Waals surface area contributed by atoms with Crippen LogP contribution in [0.15, 0.2) is 52.1 Å². The lowest BCUT2D eigenvalue weighted by atomic mass is 10.1. The number of hydrogen-bond donors (Lipinski definition) is 0. The Morgan fingerprint density at radius 1 is 1.16 bits per heavy atom. The molecule has 2 aromatic heterocycles. The van der Waals surface area contributed by atoms with E-state index < -0.39 is 23.2 Å². The number of carbonyl (C=O) groups excluding carboxylic acids is 2. The van der Waals surface area contributed by atoms with E-state index in [1.165, 1.54) is 42.0 Å². The molecule has 0 saturated heterocycles. The molecule has 0 aliphatic heterocycles. The second-order valence-electron chi connectivity index (χ2n) is 8.73. The number of ether oxygens (including phenoxy) is 2. The standard InChI is InChI=1S/C26H21BrF3N3O4S/c1-25(2,3)37-24(35)33(20-10-9-17(23(34)36-4)13-18(20)15-31)12-5-7-16-14-21-19(27)8-6-11-32(21)22(16)38-26(28,29)30/h6,8-11,13-14H,12H2,1-4H3. The van der Waals surface area contributed by atoms with Gasteiger partial charge < -0.3 is 13.9 Å². The maximum absolute atomic E-state index is 13.3. The summed E-state index contributed by atoms with van der Waals surface area (Å²) in [4.78, 5) is 26.0. The summed E-state index contributed by atoms with van der Waals surface area (Å²) in [6, 6.07) is 10.8. The molecule has 0 bridgehead atoms. The highest BCUT2D eigenvalue weighted by molar-refractivity contribution is 9.10. The molecule has 0 spiro atoms. The third kappa shape index (κ3) is 7.03. The number of carbonyl (C=O) groups is 2. The number of pyridine rings is 1. The van der Waals surface area contributed by atoms with Crippen molar-refractivity contribution in [3.05, 3.63) is 63.8 Å². The van der Waals surface area contributed by atoms with E-state index in [9.17, 15) is 28.0 Å². The average Bonchev–Trinajstić information content (AvgIpc) is 3.17. The van der Waals surface area contributed by atoms with Crippen LogP contribution < -0.4 is 4.90 Å². The summed E-state index contributed by atoms with van der Waals surface area (Å²) in [7, 11) is 1.19. The van der Waals surface area contributed by atoms with E-state index in [-0.39, 0.29) is 45.7 Å². The molecule has 0 unspecified atom stereocenters. The van der Waals surface area contributed by atoms with Crippen LogP contribution in [0.1, 0.15) is 42.3 Å². The molecule has 0 radical (unpaired) electrons. The summed E-state index contributed by atoms with van der Waals surface area (Å²) in [5.41, 5.74) is -4.67. The number of thioether (sulfide) groups is 1. The number of nitriles is 1. The number of amides is 1. The van der Waals surface area contributed by atoms with E-state index in [1.54, 1.807) is 32.9 Å². The van der Waals surface area contributed by atoms with E-state index in [0.717, 1.165) is 4.90 Å². The molecule has 198 valence electrons. The summed E-state index contributed by atoms with van der Waals surface area (Å²) in [6.07, 6.45) is 0.665. The van der Waals surface area contributed by atoms with Crippen molar-refractivity contribution in [1.82, 2.24) is 4.40 Å². The number of fused-ring (bicyclic) bond motifs is 1. The van der Waals surface area contributed by atoms with Crippen molar-refractivity contribution in [1.29, 1.82) is 5.26 Å². The van der Waals surface area contributed by atoms with Gasteiger partial charge in [0.05, 0.1) is 41.5 Å². The topological polar surface area (TPSA) is 84.0 Å². The third-order valence-corrected chi connectivity index (χ3v) is 6.34. The number of aromatic nitrogens is 1. The number of alkyl halides is 3. The first-order valence-corrected chi connectivity index (χ1v) is 12.5. The fourth-order valence-electron chi connectivity index (χ4n) is 3.33. The SMILES string of the molecule is COC(=O)c1ccc(N(CC#Cc2cc3c(Br)cccn3c2SC(F)(F)F)C(=O)OC(C)(C)C)c(C#N)c1. The van der Waals surface area contributed by atoms with Crippen molar-refractivity contribution in [2.24, 2.45) is 0 Å². The highest BCUT2D eigenvalue weighted by Gasteiger charge is 2.32. The second-order valence-corrected chi connectivity index (χ2v) is 10.6. The molecule has 0 aliphatic rings. The maximum Gasteiger partial charge on any atom is 0.447 e. The van der Waals surface area contributed by atoms with Crippen LogP contribution in [0.25, 0.3) is 5.52 Å². The molecule has 1 aromatic carbocycles. The van der Waals surface area contributed by atoms with Gasteiger partial charge in [-0.25, -0.2) is 9.59 Å². The van der Waals surface area contributed by atoms with Crippen LogP contribution in [0.4, 0.5) is 23.7 Å². The number of esters is 1. The van der Waals surface area contributed by atoms with Crippen molar-refractivity contribution in [2.45, 2.75) is 36.9 Å². The minimum Gasteiger partial charge on any atom is -0.465 e. The molecule has 0 atom stereocenters. The molecule has 3 rings (SSSR count). The predicted octanol–water partition coefficient (Wildman–Crippen LogP) is 6.77. The van der Waals surface area contributed by atoms with E-state index in [1.807, 2.05) is 6.07 Å². The fraction of sp³-hybridized carbons (Fsp3) is 0.269. The van der Waals surface area contributed by atoms with Crippen molar-refractivity contribution in [2.75, 3.05) is 18.6 Å². The van der Waals surface area contributed by atoms with Crippen LogP contribution in [0.5, 0.6) is 0 Å². The minimum absolute atomic E-state index is 0.0209. The maximum atomic E-state index is 13.3. The van der Waals surface area contributed by atoms with Crippen LogP contribution >= 0.6 is 27.7 Å². The van der Waals surface area contributed by atoms with Gasteiger partial charge in [0, 0.05) is 22.4 Å². The summed E-state index contributed by atoms with van der Waals surface area (Å²) in [6.45, 7) is 4.66. The number of anilines is 1. The first kappa shape index (κ1) is 29.0. The molecule has 2 heterocycles. The summed E-state index contributed by atoms with van der Waals surface area (Å²) in [5.74, 6) is 4.80. The van der Waals surface area contributed by atoms with Crippen LogP contribution in [0, 0.1) is 23.2 Å². The largest absolute Gasteiger partial charge is 0.465 e. The summed E-state index contributed by atoms with van der Waals surface area (Å²) < 4.78 is 52.0. The quantitative estimate of drug-likeness (QED) is 0.185. The first-order chi connectivity index (χ1) is 17.7. The molecular weight excluding hydrogens is 587 g/mol. The molecule has 7 nitrogen and oxygen atoms in total. The van der Waals surface area contributed by atoms with Gasteiger partial charge >= 0.3 is 17.6 Å². The number of methoxy groups -OCH3 is 1. The van der Waals surface area contributed by atoms with E-state index >= 15 is 0 Å². The lowest BCUT2D eigenvalue weighted by molar-refractivity contribution is -0.0330. The van der Waals surface area contributed by atoms with Gasteiger partial charge in [0.15, 0.2) is 0 Å². The molecule has 38 heavy (non-hydrogen) atoms. The predicted molar refractivity (Wildman–Crippen MR) is 140 cm³/mol. The number of hydrogen-bond acceptors (Lipinski definition) is 6. The first-order valence-electron chi connectivity index (χ1n) is 10.9. The zero-order valence-electron chi connectivity index (χ0n) is 20.6. The lowest BCUT2D eigenvalue weighted by Crippen LogP contribution is -2.37. The van der Waals surface area contributed by atoms with Crippen molar-refractivity contribution in [3.63, 3.8) is 0 Å². The monoisotopic (exact) mass is 607 g/mol. The number of nitrogens with zero attached hydrogens (tertiary/aromatic N) is 3. The van der Waals surface area contributed by atoms with Gasteiger partial charge in [-0.3, -0.25) is 4.90 Å². The smallest absolute Gasteiger partial charge is 0.447 e. The highest BCUT2D eigenvalue weighted by atomic mass is 79.9. The minimum atomic E-state index is -4.56. The zero-order chi connectivity index (χ0) is 28.3. The molecule has 0 fully saturated rings. The summed E-state index contributed by atoms with van der Waals surface area (Å²) >= 11 is 3.04. The Morgan fingerprint density at radius 3 is 2.47 bits per heavy atom. The fourth-order valence-corrected chi connectivity index (χ4v) is 4.48. The molecule has 3 aromatic rings. The van der Waals surface area contributed by atoms with E-state index in [0.29, 0.717) is 9.99 Å². The Balaban J connectivity index is 2.07. The van der Waals surface area contributed by atoms with Gasteiger partial charge in [-0.05, 0) is 73.1 Å². The Bertz CT molecular complexity index is 1490. The number of halogens is 4. The average molecular weight is 608 g/mol. The van der Waals surface area contributed by atoms with Gasteiger partial charge in [-0.2, -0.15) is 18.4 Å². The molecule has 0 N–H and O–H groups in total. The Kier molecular flexibility index (Phi) is 8.70. The number of rotatable bonds is 4. The summed E-state index contributed by atoms with van der Waals surface area (Å²) in [5, 5.41) is 9.55. The van der Waals surface area contributed by atoms with Gasteiger partial charge in [0.2, 0.25) is 0 Å². The van der Waals surface area contributed by atoms with Crippen LogP contribution in [0.2, 0.25) is 0 Å². The van der Waals surface area contributed by atoms with Crippen molar-refractivity contribution < 1.29 is 32.2 Å². The normalized spacial score (nSPS) is 11.3. The van der Waals surface area contributed by atoms with Crippen molar-refractivity contribution >= 4 is 51.0 Å². The Morgan fingerprint density at radius 2 is 1.87 bits per heavy atom. The zero-order valence-corrected chi connectivity index (χ0v) is 23.0. The van der Waals surface area contributed by atoms with Crippen LogP contribution in [-0.2, 0) is 9.47 Å². The van der Waals surface area contributed by atoms with Gasteiger partial charge in [-0.1, -0.05) is 11.8 Å². The van der Waals surface area contributed by atoms with Gasteiger partial charge in [0.25, 0.3) is 0 Å². The Hall–Kier alpha value is -3.61. The van der Waals surface area contributed by atoms with Crippen LogP contribution in [-0.4, -0.2) is 41.2 Å². The van der Waals surface area contributed by atoms with E-state index in [2.05, 4.69) is 32.5 Å². The molecule has 12 heteroatoms.